The molecule has 0 bridgehead atoms. The van der Waals surface area contributed by atoms with Crippen molar-refractivity contribution in [2.24, 2.45) is 0 Å². The smallest absolute Gasteiger partial charge is 0.0301 e. The van der Waals surface area contributed by atoms with Crippen LogP contribution in [0, 0.1) is 38.5 Å². The summed E-state index contributed by atoms with van der Waals surface area (Å²) < 4.78 is 0. The van der Waals surface area contributed by atoms with Gasteiger partial charge in [0.15, 0.2) is 0 Å². The Labute approximate surface area is 73.6 Å². The molecule has 0 saturated heterocycles. The summed E-state index contributed by atoms with van der Waals surface area (Å²) in [5, 5.41) is 0. The van der Waals surface area contributed by atoms with Crippen LogP contribution in [0.5, 0.6) is 0 Å². The number of benzene rings is 1. The van der Waals surface area contributed by atoms with Crippen LogP contribution in [-0.2, 0) is 0 Å². The summed E-state index contributed by atoms with van der Waals surface area (Å²) in [5.41, 5.74) is 3.99. The molecular weight excluding hydrogens is 144 g/mol. The number of aryl methyl sites for hydroxylation is 2. The van der Waals surface area contributed by atoms with Crippen LogP contribution in [0.3, 0.4) is 0 Å². The van der Waals surface area contributed by atoms with Gasteiger partial charge in [-0.2, -0.15) is 0 Å². The normalized spacial score (nSPS) is 8.67. The van der Waals surface area contributed by atoms with E-state index in [1.54, 1.807) is 0 Å². The predicted octanol–water partition coefficient (Wildman–Crippen LogP) is 2.27. The van der Waals surface area contributed by atoms with Gasteiger partial charge >= 0.3 is 0 Å². The maximum absolute atomic E-state index is 5.34. The second-order valence-corrected chi connectivity index (χ2v) is 2.77. The molecular formula is C12H10. The Morgan fingerprint density at radius 1 is 1.00 bits per heavy atom. The summed E-state index contributed by atoms with van der Waals surface area (Å²) in [6, 6.07) is 3.87. The van der Waals surface area contributed by atoms with Crippen molar-refractivity contribution < 1.29 is 0 Å². The topological polar surface area (TPSA) is 0 Å². The first-order valence-electron chi connectivity index (χ1n) is 3.73. The summed E-state index contributed by atoms with van der Waals surface area (Å²) in [6.45, 7) is 3.95. The maximum Gasteiger partial charge on any atom is 0.0301 e. The van der Waals surface area contributed by atoms with E-state index in [0.29, 0.717) is 0 Å². The SMILES string of the molecule is C#Cc1cc(C)c(C#C)c(C)c1. The highest BCUT2D eigenvalue weighted by Crippen LogP contribution is 2.14. The lowest BCUT2D eigenvalue weighted by Gasteiger charge is -2.03. The van der Waals surface area contributed by atoms with Crippen molar-refractivity contribution in [3.05, 3.63) is 34.4 Å². The average Bonchev–Trinajstić information content (AvgIpc) is 2.03. The zero-order chi connectivity index (χ0) is 9.14. The third-order valence-electron chi connectivity index (χ3n) is 1.84. The van der Waals surface area contributed by atoms with E-state index in [9.17, 15) is 0 Å². The zero-order valence-electron chi connectivity index (χ0n) is 7.31. The van der Waals surface area contributed by atoms with Crippen LogP contribution < -0.4 is 0 Å². The Bertz CT molecular complexity index is 360. The van der Waals surface area contributed by atoms with Crippen LogP contribution in [0.2, 0.25) is 0 Å². The van der Waals surface area contributed by atoms with Crippen LogP contribution in [-0.4, -0.2) is 0 Å². The lowest BCUT2D eigenvalue weighted by Crippen LogP contribution is -1.89. The van der Waals surface area contributed by atoms with Crippen molar-refractivity contribution in [1.82, 2.24) is 0 Å². The Hall–Kier alpha value is -1.66. The average molecular weight is 154 g/mol. The molecule has 0 nitrogen and oxygen atoms in total. The quantitative estimate of drug-likeness (QED) is 0.503. The largest absolute Gasteiger partial charge is 0.115 e. The van der Waals surface area contributed by atoms with E-state index >= 15 is 0 Å². The van der Waals surface area contributed by atoms with Gasteiger partial charge in [-0.25, -0.2) is 0 Å². The van der Waals surface area contributed by atoms with E-state index in [0.717, 1.165) is 22.3 Å². The highest BCUT2D eigenvalue weighted by atomic mass is 14.0. The van der Waals surface area contributed by atoms with Crippen LogP contribution in [0.1, 0.15) is 22.3 Å². The number of hydrogen-bond acceptors (Lipinski definition) is 0. The lowest BCUT2D eigenvalue weighted by molar-refractivity contribution is 1.34. The van der Waals surface area contributed by atoms with E-state index in [4.69, 9.17) is 12.8 Å². The molecule has 0 heteroatoms. The second-order valence-electron chi connectivity index (χ2n) is 2.77. The number of hydrogen-bond donors (Lipinski definition) is 0. The van der Waals surface area contributed by atoms with Gasteiger partial charge in [0.2, 0.25) is 0 Å². The van der Waals surface area contributed by atoms with Crippen LogP contribution in [0.4, 0.5) is 0 Å². The molecule has 0 atom stereocenters. The van der Waals surface area contributed by atoms with Gasteiger partial charge in [0.1, 0.15) is 0 Å². The fourth-order valence-corrected chi connectivity index (χ4v) is 1.27. The van der Waals surface area contributed by atoms with Crippen molar-refractivity contribution in [2.45, 2.75) is 13.8 Å². The first-order valence-corrected chi connectivity index (χ1v) is 3.73. The molecule has 12 heavy (non-hydrogen) atoms. The summed E-state index contributed by atoms with van der Waals surface area (Å²) in [6.07, 6.45) is 10.6. The van der Waals surface area contributed by atoms with E-state index in [-0.39, 0.29) is 0 Å². The molecule has 1 rings (SSSR count). The molecule has 0 amide bonds. The monoisotopic (exact) mass is 154 g/mol. The van der Waals surface area contributed by atoms with Gasteiger partial charge in [-0.15, -0.1) is 12.8 Å². The number of rotatable bonds is 0. The van der Waals surface area contributed by atoms with Crippen molar-refractivity contribution in [3.8, 4) is 24.7 Å². The van der Waals surface area contributed by atoms with Crippen molar-refractivity contribution in [2.75, 3.05) is 0 Å². The molecule has 0 fully saturated rings. The van der Waals surface area contributed by atoms with Gasteiger partial charge in [-0.05, 0) is 37.1 Å². The highest BCUT2D eigenvalue weighted by Gasteiger charge is 2.00. The Morgan fingerprint density at radius 3 is 1.83 bits per heavy atom. The van der Waals surface area contributed by atoms with Crippen molar-refractivity contribution in [3.63, 3.8) is 0 Å². The van der Waals surface area contributed by atoms with Gasteiger partial charge in [0.05, 0.1) is 0 Å². The Balaban J connectivity index is 3.43. The van der Waals surface area contributed by atoms with Crippen LogP contribution in [0.15, 0.2) is 12.1 Å². The summed E-state index contributed by atoms with van der Waals surface area (Å²) in [7, 11) is 0. The predicted molar refractivity (Wildman–Crippen MR) is 51.8 cm³/mol. The molecule has 1 aromatic carbocycles. The van der Waals surface area contributed by atoms with Gasteiger partial charge in [0, 0.05) is 11.1 Å². The van der Waals surface area contributed by atoms with E-state index < -0.39 is 0 Å². The first kappa shape index (κ1) is 8.44. The molecule has 0 aliphatic carbocycles. The maximum atomic E-state index is 5.34. The number of terminal acetylenes is 2. The highest BCUT2D eigenvalue weighted by molar-refractivity contribution is 5.50. The van der Waals surface area contributed by atoms with Gasteiger partial charge in [-0.1, -0.05) is 11.8 Å². The molecule has 58 valence electrons. The first-order chi connectivity index (χ1) is 5.69. The van der Waals surface area contributed by atoms with Gasteiger partial charge in [0.25, 0.3) is 0 Å². The zero-order valence-corrected chi connectivity index (χ0v) is 7.31. The Kier molecular flexibility index (Phi) is 2.22. The molecule has 0 aromatic heterocycles. The minimum atomic E-state index is 0.893. The molecule has 0 unspecified atom stereocenters. The van der Waals surface area contributed by atoms with Crippen molar-refractivity contribution in [1.29, 1.82) is 0 Å². The molecule has 1 aromatic rings. The van der Waals surface area contributed by atoms with Crippen LogP contribution >= 0.6 is 0 Å². The Morgan fingerprint density at radius 2 is 1.50 bits per heavy atom. The van der Waals surface area contributed by atoms with E-state index in [1.165, 1.54) is 0 Å². The molecule has 0 aliphatic heterocycles. The van der Waals surface area contributed by atoms with Crippen molar-refractivity contribution >= 4 is 0 Å². The summed E-state index contributed by atoms with van der Waals surface area (Å²) >= 11 is 0. The van der Waals surface area contributed by atoms with E-state index in [1.807, 2.05) is 26.0 Å². The van der Waals surface area contributed by atoms with Gasteiger partial charge in [-0.3, -0.25) is 0 Å². The van der Waals surface area contributed by atoms with Crippen LogP contribution in [0.25, 0.3) is 0 Å². The third kappa shape index (κ3) is 1.34. The molecule has 0 spiro atoms. The molecule has 0 aliphatic rings. The van der Waals surface area contributed by atoms with E-state index in [2.05, 4.69) is 11.8 Å². The summed E-state index contributed by atoms with van der Waals surface area (Å²) in [5.74, 6) is 5.24. The minimum Gasteiger partial charge on any atom is -0.115 e. The molecule has 0 radical (unpaired) electrons. The molecule has 0 saturated carbocycles. The second kappa shape index (κ2) is 3.16. The fraction of sp³-hybridized carbons (Fsp3) is 0.167. The summed E-state index contributed by atoms with van der Waals surface area (Å²) in [4.78, 5) is 0. The minimum absolute atomic E-state index is 0.893. The molecule has 0 heterocycles. The van der Waals surface area contributed by atoms with Gasteiger partial charge < -0.3 is 0 Å². The standard InChI is InChI=1S/C12H10/c1-5-11-7-9(3)12(6-2)10(4)8-11/h1-2,7-8H,3-4H3. The third-order valence-corrected chi connectivity index (χ3v) is 1.84. The molecule has 0 N–H and O–H groups in total. The lowest BCUT2D eigenvalue weighted by atomic mass is 10.0. The fourth-order valence-electron chi connectivity index (χ4n) is 1.27.